The topological polar surface area (TPSA) is 58.6 Å². The molecule has 2 N–H and O–H groups in total. The molecule has 1 unspecified atom stereocenters. The Morgan fingerprint density at radius 2 is 1.91 bits per heavy atom. The summed E-state index contributed by atoms with van der Waals surface area (Å²) in [5.41, 5.74) is 1.07. The number of nitrogens with one attached hydrogen (secondary N) is 1. The number of carbonyl (C=O) groups is 1. The van der Waals surface area contributed by atoms with Crippen LogP contribution in [-0.4, -0.2) is 29.4 Å². The van der Waals surface area contributed by atoms with Crippen molar-refractivity contribution in [1.29, 1.82) is 0 Å². The lowest BCUT2D eigenvalue weighted by atomic mass is 9.98. The van der Waals surface area contributed by atoms with E-state index in [0.29, 0.717) is 18.8 Å². The normalized spacial score (nSPS) is 24.9. The van der Waals surface area contributed by atoms with Crippen LogP contribution in [0.2, 0.25) is 0 Å². The van der Waals surface area contributed by atoms with Gasteiger partial charge in [0.15, 0.2) is 6.29 Å². The van der Waals surface area contributed by atoms with Gasteiger partial charge in [0, 0.05) is 0 Å². The molecule has 0 bridgehead atoms. The molecule has 0 saturated carbocycles. The first-order chi connectivity index (χ1) is 11.0. The number of morpholine rings is 1. The number of benzene rings is 2. The third kappa shape index (κ3) is 3.71. The molecule has 3 atom stereocenters. The van der Waals surface area contributed by atoms with E-state index in [9.17, 15) is 9.90 Å². The Labute approximate surface area is 136 Å². The molecule has 1 fully saturated rings. The minimum Gasteiger partial charge on any atom is -0.366 e. The van der Waals surface area contributed by atoms with E-state index in [4.69, 9.17) is 4.74 Å². The van der Waals surface area contributed by atoms with E-state index in [0.717, 1.165) is 10.9 Å². The molecule has 0 spiro atoms. The third-order valence-electron chi connectivity index (χ3n) is 4.22. The molecule has 0 aromatic heterocycles. The van der Waals surface area contributed by atoms with Crippen molar-refractivity contribution in [3.8, 4) is 0 Å². The second kappa shape index (κ2) is 6.69. The highest BCUT2D eigenvalue weighted by Gasteiger charge is 2.35. The van der Waals surface area contributed by atoms with E-state index in [1.165, 1.54) is 5.39 Å². The molecule has 4 heteroatoms. The molecule has 4 nitrogen and oxygen atoms in total. The predicted octanol–water partition coefficient (Wildman–Crippen LogP) is 2.63. The number of carbonyl (C=O) groups excluding carboxylic acids is 1. The second-order valence-electron chi connectivity index (χ2n) is 6.65. The molecule has 1 amide bonds. The van der Waals surface area contributed by atoms with Crippen molar-refractivity contribution in [2.45, 2.75) is 45.1 Å². The Hall–Kier alpha value is -1.91. The molecule has 2 aromatic rings. The quantitative estimate of drug-likeness (QED) is 0.912. The van der Waals surface area contributed by atoms with Crippen LogP contribution < -0.4 is 5.32 Å². The van der Waals surface area contributed by atoms with Crippen LogP contribution in [0.15, 0.2) is 42.5 Å². The highest BCUT2D eigenvalue weighted by Crippen LogP contribution is 2.21. The van der Waals surface area contributed by atoms with Crippen molar-refractivity contribution in [1.82, 2.24) is 5.32 Å². The highest BCUT2D eigenvalue weighted by atomic mass is 16.6. The number of hydrogen-bond donors (Lipinski definition) is 2. The summed E-state index contributed by atoms with van der Waals surface area (Å²) in [5.74, 6) is 0.213. The SMILES string of the molecule is CC(C)C[C@@H]1OC(O)[C@H](Cc2ccc3ccccc3c2)NC1=O. The summed E-state index contributed by atoms with van der Waals surface area (Å²) in [5, 5.41) is 15.4. The van der Waals surface area contributed by atoms with Gasteiger partial charge in [-0.05, 0) is 35.1 Å². The van der Waals surface area contributed by atoms with E-state index >= 15 is 0 Å². The fraction of sp³-hybridized carbons (Fsp3) is 0.421. The van der Waals surface area contributed by atoms with Crippen LogP contribution in [-0.2, 0) is 16.0 Å². The summed E-state index contributed by atoms with van der Waals surface area (Å²) in [7, 11) is 0. The van der Waals surface area contributed by atoms with Crippen molar-refractivity contribution in [2.24, 2.45) is 5.92 Å². The number of rotatable bonds is 4. The molecule has 2 aromatic carbocycles. The van der Waals surface area contributed by atoms with E-state index < -0.39 is 18.4 Å². The largest absolute Gasteiger partial charge is 0.366 e. The van der Waals surface area contributed by atoms with Gasteiger partial charge >= 0.3 is 0 Å². The van der Waals surface area contributed by atoms with Gasteiger partial charge < -0.3 is 15.2 Å². The summed E-state index contributed by atoms with van der Waals surface area (Å²) in [4.78, 5) is 12.1. The van der Waals surface area contributed by atoms with Crippen LogP contribution in [0.1, 0.15) is 25.8 Å². The summed E-state index contributed by atoms with van der Waals surface area (Å²) in [6, 6.07) is 13.9. The van der Waals surface area contributed by atoms with Crippen molar-refractivity contribution in [3.63, 3.8) is 0 Å². The van der Waals surface area contributed by atoms with Gasteiger partial charge in [-0.25, -0.2) is 0 Å². The monoisotopic (exact) mass is 313 g/mol. The average molecular weight is 313 g/mol. The Morgan fingerprint density at radius 3 is 2.65 bits per heavy atom. The number of aliphatic hydroxyl groups excluding tert-OH is 1. The minimum atomic E-state index is -0.970. The zero-order valence-electron chi connectivity index (χ0n) is 13.5. The average Bonchev–Trinajstić information content (AvgIpc) is 2.51. The van der Waals surface area contributed by atoms with E-state index in [-0.39, 0.29) is 5.91 Å². The molecule has 1 saturated heterocycles. The molecular formula is C19H23NO3. The van der Waals surface area contributed by atoms with Gasteiger partial charge in [0.2, 0.25) is 5.91 Å². The molecule has 1 heterocycles. The van der Waals surface area contributed by atoms with Crippen molar-refractivity contribution >= 4 is 16.7 Å². The van der Waals surface area contributed by atoms with Gasteiger partial charge in [-0.2, -0.15) is 0 Å². The molecule has 0 radical (unpaired) electrons. The zero-order chi connectivity index (χ0) is 16.4. The molecule has 3 rings (SSSR count). The number of amides is 1. The van der Waals surface area contributed by atoms with Gasteiger partial charge in [-0.3, -0.25) is 4.79 Å². The molecule has 0 aliphatic carbocycles. The van der Waals surface area contributed by atoms with Gasteiger partial charge in [0.25, 0.3) is 0 Å². The molecule has 1 aliphatic rings. The van der Waals surface area contributed by atoms with Crippen LogP contribution in [0.25, 0.3) is 10.8 Å². The first-order valence-corrected chi connectivity index (χ1v) is 8.14. The van der Waals surface area contributed by atoms with E-state index in [2.05, 4.69) is 29.6 Å². The van der Waals surface area contributed by atoms with Crippen LogP contribution in [0.3, 0.4) is 0 Å². The maximum atomic E-state index is 12.1. The fourth-order valence-electron chi connectivity index (χ4n) is 3.03. The number of hydrogen-bond acceptors (Lipinski definition) is 3. The standard InChI is InChI=1S/C19H23NO3/c1-12(2)9-17-18(21)20-16(19(22)23-17)11-13-7-8-14-5-3-4-6-15(14)10-13/h3-8,10,12,16-17,19,22H,9,11H2,1-2H3,(H,20,21)/t16-,17-,19?/m0/s1. The van der Waals surface area contributed by atoms with Crippen LogP contribution in [0.5, 0.6) is 0 Å². The lowest BCUT2D eigenvalue weighted by Gasteiger charge is -2.34. The Bertz CT molecular complexity index is 698. The summed E-state index contributed by atoms with van der Waals surface area (Å²) < 4.78 is 5.53. The Balaban J connectivity index is 1.71. The highest BCUT2D eigenvalue weighted by molar-refractivity contribution is 5.83. The number of fused-ring (bicyclic) bond motifs is 1. The molecule has 1 aliphatic heterocycles. The van der Waals surface area contributed by atoms with Crippen molar-refractivity contribution in [3.05, 3.63) is 48.0 Å². The first-order valence-electron chi connectivity index (χ1n) is 8.14. The maximum absolute atomic E-state index is 12.1. The summed E-state index contributed by atoms with van der Waals surface area (Å²) in [6.07, 6.45) is -0.363. The Kier molecular flexibility index (Phi) is 4.64. The summed E-state index contributed by atoms with van der Waals surface area (Å²) >= 11 is 0. The van der Waals surface area contributed by atoms with Gasteiger partial charge in [0.05, 0.1) is 6.04 Å². The van der Waals surface area contributed by atoms with Gasteiger partial charge in [-0.1, -0.05) is 56.3 Å². The van der Waals surface area contributed by atoms with Crippen LogP contribution in [0, 0.1) is 5.92 Å². The second-order valence-corrected chi connectivity index (χ2v) is 6.65. The van der Waals surface area contributed by atoms with Crippen LogP contribution in [0.4, 0.5) is 0 Å². The molecule has 122 valence electrons. The molecular weight excluding hydrogens is 290 g/mol. The smallest absolute Gasteiger partial charge is 0.249 e. The predicted molar refractivity (Wildman–Crippen MR) is 89.9 cm³/mol. The fourth-order valence-corrected chi connectivity index (χ4v) is 3.03. The number of aliphatic hydroxyl groups is 1. The van der Waals surface area contributed by atoms with Crippen LogP contribution >= 0.6 is 0 Å². The maximum Gasteiger partial charge on any atom is 0.249 e. The minimum absolute atomic E-state index is 0.130. The molecule has 23 heavy (non-hydrogen) atoms. The lowest BCUT2D eigenvalue weighted by molar-refractivity contribution is -0.191. The van der Waals surface area contributed by atoms with Gasteiger partial charge in [-0.15, -0.1) is 0 Å². The van der Waals surface area contributed by atoms with E-state index in [1.807, 2.05) is 32.0 Å². The zero-order valence-corrected chi connectivity index (χ0v) is 13.5. The van der Waals surface area contributed by atoms with Crippen molar-refractivity contribution in [2.75, 3.05) is 0 Å². The summed E-state index contributed by atoms with van der Waals surface area (Å²) in [6.45, 7) is 4.06. The third-order valence-corrected chi connectivity index (χ3v) is 4.22. The first kappa shape index (κ1) is 16.0. The van der Waals surface area contributed by atoms with E-state index in [1.54, 1.807) is 0 Å². The number of ether oxygens (including phenoxy) is 1. The lowest BCUT2D eigenvalue weighted by Crippen LogP contribution is -2.57. The van der Waals surface area contributed by atoms with Crippen molar-refractivity contribution < 1.29 is 14.6 Å². The van der Waals surface area contributed by atoms with Gasteiger partial charge in [0.1, 0.15) is 6.10 Å². The Morgan fingerprint density at radius 1 is 1.17 bits per heavy atom.